The Morgan fingerprint density at radius 3 is 2.53 bits per heavy atom. The number of hydrogen-bond donors (Lipinski definition) is 1. The van der Waals surface area contributed by atoms with E-state index in [1.807, 2.05) is 26.0 Å². The molecule has 0 atom stereocenters. The first kappa shape index (κ1) is 27.1. The van der Waals surface area contributed by atoms with Crippen molar-refractivity contribution in [3.8, 4) is 5.75 Å². The highest BCUT2D eigenvalue weighted by Crippen LogP contribution is 2.35. The zero-order valence-corrected chi connectivity index (χ0v) is 22.8. The number of nitrogens with zero attached hydrogens (tertiary/aromatic N) is 2. The predicted octanol–water partition coefficient (Wildman–Crippen LogP) is 6.23. The number of aryl methyl sites for hydroxylation is 2. The molecule has 0 aliphatic carbocycles. The van der Waals surface area contributed by atoms with Gasteiger partial charge in [0.1, 0.15) is 18.9 Å². The lowest BCUT2D eigenvalue weighted by Gasteiger charge is -2.14. The van der Waals surface area contributed by atoms with Crippen molar-refractivity contribution >= 4 is 62.2 Å². The molecule has 1 fully saturated rings. The summed E-state index contributed by atoms with van der Waals surface area (Å²) in [6.45, 7) is 3.55. The van der Waals surface area contributed by atoms with Crippen molar-refractivity contribution in [1.82, 2.24) is 4.90 Å². The van der Waals surface area contributed by atoms with E-state index in [0.29, 0.717) is 17.0 Å². The first-order valence-electron chi connectivity index (χ1n) is 11.4. The SMILES string of the molecule is Cc1ccc(NC(=O)CN2C(=O)S/C(=C\c3cc(Br)ccc3OCc3ccc([N+](=O)[O-])cc3)C2=O)c(C)c1. The number of halogens is 1. The summed E-state index contributed by atoms with van der Waals surface area (Å²) in [7, 11) is 0. The molecule has 3 aromatic carbocycles. The minimum absolute atomic E-state index is 0.0171. The molecule has 4 rings (SSSR count). The number of amides is 3. The third kappa shape index (κ3) is 6.48. The van der Waals surface area contributed by atoms with Gasteiger partial charge < -0.3 is 10.1 Å². The van der Waals surface area contributed by atoms with Crippen LogP contribution in [0.2, 0.25) is 0 Å². The summed E-state index contributed by atoms with van der Waals surface area (Å²) in [5.74, 6) is -0.599. The molecule has 1 aliphatic heterocycles. The zero-order valence-electron chi connectivity index (χ0n) is 20.4. The average molecular weight is 596 g/mol. The van der Waals surface area contributed by atoms with Crippen LogP contribution in [-0.2, 0) is 16.2 Å². The third-order valence-corrected chi connectivity index (χ3v) is 7.03. The third-order valence-electron chi connectivity index (χ3n) is 5.63. The van der Waals surface area contributed by atoms with E-state index in [4.69, 9.17) is 4.74 Å². The fraction of sp³-hybridized carbons (Fsp3) is 0.148. The number of carbonyl (C=O) groups is 3. The number of nitro benzene ring substituents is 1. The minimum atomic E-state index is -0.572. The molecule has 0 saturated carbocycles. The number of nitrogens with one attached hydrogen (secondary N) is 1. The van der Waals surface area contributed by atoms with E-state index >= 15 is 0 Å². The molecule has 11 heteroatoms. The Balaban J connectivity index is 1.47. The van der Waals surface area contributed by atoms with E-state index in [1.54, 1.807) is 42.5 Å². The maximum absolute atomic E-state index is 13.0. The number of ether oxygens (including phenoxy) is 1. The molecule has 1 N–H and O–H groups in total. The highest BCUT2D eigenvalue weighted by molar-refractivity contribution is 9.10. The molecule has 9 nitrogen and oxygen atoms in total. The zero-order chi connectivity index (χ0) is 27.4. The van der Waals surface area contributed by atoms with Gasteiger partial charge in [0.05, 0.1) is 9.83 Å². The molecule has 1 aliphatic rings. The molecule has 0 spiro atoms. The van der Waals surface area contributed by atoms with Crippen LogP contribution in [-0.4, -0.2) is 33.4 Å². The Morgan fingerprint density at radius 1 is 1.11 bits per heavy atom. The second kappa shape index (κ2) is 11.6. The van der Waals surface area contributed by atoms with Crippen molar-refractivity contribution in [2.75, 3.05) is 11.9 Å². The maximum Gasteiger partial charge on any atom is 0.294 e. The van der Waals surface area contributed by atoms with Gasteiger partial charge >= 0.3 is 0 Å². The van der Waals surface area contributed by atoms with Gasteiger partial charge in [-0.05, 0) is 79.2 Å². The molecule has 3 aromatic rings. The van der Waals surface area contributed by atoms with Crippen LogP contribution in [0.25, 0.3) is 6.08 Å². The number of hydrogen-bond acceptors (Lipinski definition) is 7. The van der Waals surface area contributed by atoms with E-state index in [9.17, 15) is 24.5 Å². The summed E-state index contributed by atoms with van der Waals surface area (Å²) in [4.78, 5) is 49.6. The van der Waals surface area contributed by atoms with Gasteiger partial charge in [-0.1, -0.05) is 33.6 Å². The normalized spacial score (nSPS) is 14.2. The number of benzene rings is 3. The first-order valence-corrected chi connectivity index (χ1v) is 13.0. The Labute approximate surface area is 231 Å². The van der Waals surface area contributed by atoms with Crippen LogP contribution in [0, 0.1) is 24.0 Å². The summed E-state index contributed by atoms with van der Waals surface area (Å²) >= 11 is 4.15. The van der Waals surface area contributed by atoms with E-state index in [1.165, 1.54) is 12.1 Å². The fourth-order valence-electron chi connectivity index (χ4n) is 3.70. The van der Waals surface area contributed by atoms with Crippen LogP contribution in [0.3, 0.4) is 0 Å². The van der Waals surface area contributed by atoms with Gasteiger partial charge in [-0.15, -0.1) is 0 Å². The topological polar surface area (TPSA) is 119 Å². The summed E-state index contributed by atoms with van der Waals surface area (Å²) < 4.78 is 6.64. The molecular formula is C27H22BrN3O6S. The van der Waals surface area contributed by atoms with Crippen molar-refractivity contribution < 1.29 is 24.0 Å². The predicted molar refractivity (Wildman–Crippen MR) is 149 cm³/mol. The lowest BCUT2D eigenvalue weighted by molar-refractivity contribution is -0.384. The highest BCUT2D eigenvalue weighted by Gasteiger charge is 2.36. The van der Waals surface area contributed by atoms with Crippen LogP contribution < -0.4 is 10.1 Å². The van der Waals surface area contributed by atoms with E-state index in [-0.39, 0.29) is 17.2 Å². The van der Waals surface area contributed by atoms with Gasteiger partial charge in [-0.3, -0.25) is 29.4 Å². The van der Waals surface area contributed by atoms with E-state index in [0.717, 1.165) is 37.8 Å². The molecule has 38 heavy (non-hydrogen) atoms. The molecule has 1 saturated heterocycles. The van der Waals surface area contributed by atoms with Crippen LogP contribution in [0.1, 0.15) is 22.3 Å². The second-order valence-electron chi connectivity index (χ2n) is 8.53. The summed E-state index contributed by atoms with van der Waals surface area (Å²) in [6, 6.07) is 16.8. The molecule has 0 unspecified atom stereocenters. The lowest BCUT2D eigenvalue weighted by Crippen LogP contribution is -2.36. The number of thioether (sulfide) groups is 1. The average Bonchev–Trinajstić information content (AvgIpc) is 3.12. The Kier molecular flexibility index (Phi) is 8.28. The smallest absolute Gasteiger partial charge is 0.294 e. The highest BCUT2D eigenvalue weighted by atomic mass is 79.9. The van der Waals surface area contributed by atoms with Gasteiger partial charge in [0.2, 0.25) is 5.91 Å². The van der Waals surface area contributed by atoms with Crippen molar-refractivity contribution in [2.24, 2.45) is 0 Å². The Hall–Kier alpha value is -3.96. The van der Waals surface area contributed by atoms with Crippen LogP contribution in [0.15, 0.2) is 70.0 Å². The van der Waals surface area contributed by atoms with E-state index < -0.39 is 28.5 Å². The second-order valence-corrected chi connectivity index (χ2v) is 10.4. The quantitative estimate of drug-likeness (QED) is 0.186. The number of imide groups is 1. The molecule has 0 bridgehead atoms. The minimum Gasteiger partial charge on any atom is -0.488 e. The van der Waals surface area contributed by atoms with Gasteiger partial charge in [0.25, 0.3) is 16.8 Å². The van der Waals surface area contributed by atoms with Crippen molar-refractivity contribution in [3.63, 3.8) is 0 Å². The van der Waals surface area contributed by atoms with Crippen molar-refractivity contribution in [3.05, 3.63) is 102 Å². The number of rotatable bonds is 8. The summed E-state index contributed by atoms with van der Waals surface area (Å²) in [6.07, 6.45) is 1.54. The standard InChI is InChI=1S/C27H22BrN3O6S/c1-16-3-9-22(17(2)11-16)29-25(32)14-30-26(33)24(38-27(30)34)13-19-12-20(28)6-10-23(19)37-15-18-4-7-21(8-5-18)31(35)36/h3-13H,14-15H2,1-2H3,(H,29,32)/b24-13-. The molecule has 3 amide bonds. The monoisotopic (exact) mass is 595 g/mol. The van der Waals surface area contributed by atoms with Gasteiger partial charge in [0.15, 0.2) is 0 Å². The fourth-order valence-corrected chi connectivity index (χ4v) is 4.91. The Morgan fingerprint density at radius 2 is 1.84 bits per heavy atom. The van der Waals surface area contributed by atoms with Gasteiger partial charge in [0, 0.05) is 27.9 Å². The number of nitro groups is 1. The van der Waals surface area contributed by atoms with Gasteiger partial charge in [-0.2, -0.15) is 0 Å². The molecule has 194 valence electrons. The summed E-state index contributed by atoms with van der Waals surface area (Å²) in [5, 5.41) is 13.1. The Bertz CT molecular complexity index is 1470. The summed E-state index contributed by atoms with van der Waals surface area (Å²) in [5.41, 5.74) is 3.80. The molecule has 0 radical (unpaired) electrons. The number of anilines is 1. The maximum atomic E-state index is 13.0. The molecule has 1 heterocycles. The van der Waals surface area contributed by atoms with Crippen molar-refractivity contribution in [1.29, 1.82) is 0 Å². The first-order chi connectivity index (χ1) is 18.1. The lowest BCUT2D eigenvalue weighted by atomic mass is 10.1. The molecular weight excluding hydrogens is 574 g/mol. The number of non-ortho nitro benzene ring substituents is 1. The largest absolute Gasteiger partial charge is 0.488 e. The number of carbonyl (C=O) groups excluding carboxylic acids is 3. The molecule has 0 aromatic heterocycles. The van der Waals surface area contributed by atoms with Gasteiger partial charge in [-0.25, -0.2) is 0 Å². The van der Waals surface area contributed by atoms with Crippen LogP contribution >= 0.6 is 27.7 Å². The van der Waals surface area contributed by atoms with E-state index in [2.05, 4.69) is 21.2 Å². The van der Waals surface area contributed by atoms with Crippen molar-refractivity contribution in [2.45, 2.75) is 20.5 Å². The van der Waals surface area contributed by atoms with Crippen LogP contribution in [0.5, 0.6) is 5.75 Å². The van der Waals surface area contributed by atoms with Crippen LogP contribution in [0.4, 0.5) is 16.2 Å².